The summed E-state index contributed by atoms with van der Waals surface area (Å²) >= 11 is 6.11. The van der Waals surface area contributed by atoms with Gasteiger partial charge in [-0.05, 0) is 32.4 Å². The van der Waals surface area contributed by atoms with Crippen molar-refractivity contribution in [3.63, 3.8) is 0 Å². The van der Waals surface area contributed by atoms with Gasteiger partial charge in [0.05, 0.1) is 5.02 Å². The molecule has 19 heavy (non-hydrogen) atoms. The lowest BCUT2D eigenvalue weighted by atomic mass is 10.1. The monoisotopic (exact) mass is 280 g/mol. The molecule has 0 fully saturated rings. The molecule has 1 aromatic carbocycles. The van der Waals surface area contributed by atoms with E-state index in [0.29, 0.717) is 16.4 Å². The van der Waals surface area contributed by atoms with Crippen LogP contribution in [-0.4, -0.2) is 11.9 Å². The maximum absolute atomic E-state index is 11.3. The summed E-state index contributed by atoms with van der Waals surface area (Å²) in [6.45, 7) is 4.87. The molecule has 0 bridgehead atoms. The van der Waals surface area contributed by atoms with Crippen molar-refractivity contribution >= 4 is 28.4 Å². The van der Waals surface area contributed by atoms with Gasteiger partial charge in [-0.25, -0.2) is 4.79 Å². The zero-order valence-electron chi connectivity index (χ0n) is 10.8. The maximum atomic E-state index is 11.3. The molecule has 0 aliphatic heterocycles. The highest BCUT2D eigenvalue weighted by atomic mass is 35.5. The molecule has 0 N–H and O–H groups in total. The molecule has 1 atom stereocenters. The molecule has 4 nitrogen and oxygen atoms in total. The molecule has 0 spiro atoms. The fourth-order valence-electron chi connectivity index (χ4n) is 1.68. The van der Waals surface area contributed by atoms with Crippen LogP contribution in [0.3, 0.4) is 0 Å². The third-order valence-electron chi connectivity index (χ3n) is 2.88. The summed E-state index contributed by atoms with van der Waals surface area (Å²) in [4.78, 5) is 22.5. The van der Waals surface area contributed by atoms with E-state index in [1.54, 1.807) is 19.9 Å². The number of hydrogen-bond acceptors (Lipinski definition) is 4. The highest BCUT2D eigenvalue weighted by molar-refractivity contribution is 6.32. The summed E-state index contributed by atoms with van der Waals surface area (Å²) in [6.07, 6.45) is -0.605. The standard InChI is InChI=1S/C14H13ClO4/c1-7-4-14(17)19-12-6-13(11(15)5-10(7)12)18-9(3)8(2)16/h4-6,9H,1-3H3. The van der Waals surface area contributed by atoms with Gasteiger partial charge in [0.25, 0.3) is 0 Å². The van der Waals surface area contributed by atoms with Gasteiger partial charge < -0.3 is 9.15 Å². The van der Waals surface area contributed by atoms with E-state index >= 15 is 0 Å². The van der Waals surface area contributed by atoms with Gasteiger partial charge in [-0.3, -0.25) is 4.79 Å². The number of ether oxygens (including phenoxy) is 1. The molecule has 0 amide bonds. The molecule has 0 radical (unpaired) electrons. The Hall–Kier alpha value is -1.81. The maximum Gasteiger partial charge on any atom is 0.336 e. The Morgan fingerprint density at radius 2 is 2.05 bits per heavy atom. The molecule has 0 aliphatic carbocycles. The number of aryl methyl sites for hydroxylation is 1. The molecular weight excluding hydrogens is 268 g/mol. The number of Topliss-reactive ketones (excluding diaryl/α,β-unsaturated/α-hetero) is 1. The topological polar surface area (TPSA) is 56.5 Å². The summed E-state index contributed by atoms with van der Waals surface area (Å²) in [6, 6.07) is 4.60. The highest BCUT2D eigenvalue weighted by Crippen LogP contribution is 2.31. The first-order chi connectivity index (χ1) is 8.88. The largest absolute Gasteiger partial charge is 0.481 e. The van der Waals surface area contributed by atoms with Crippen LogP contribution < -0.4 is 10.4 Å². The average Bonchev–Trinajstić information content (AvgIpc) is 2.31. The Bertz CT molecular complexity index is 702. The van der Waals surface area contributed by atoms with Crippen molar-refractivity contribution in [2.24, 2.45) is 0 Å². The number of carbonyl (C=O) groups is 1. The number of rotatable bonds is 3. The predicted octanol–water partition coefficient (Wildman–Crippen LogP) is 3.11. The number of hydrogen-bond donors (Lipinski definition) is 0. The van der Waals surface area contributed by atoms with Crippen LogP contribution >= 0.6 is 11.6 Å². The van der Waals surface area contributed by atoms with Crippen LogP contribution in [0.5, 0.6) is 5.75 Å². The molecule has 2 aromatic rings. The second kappa shape index (κ2) is 5.05. The van der Waals surface area contributed by atoms with Crippen LogP contribution in [0.4, 0.5) is 0 Å². The minimum Gasteiger partial charge on any atom is -0.481 e. The quantitative estimate of drug-likeness (QED) is 0.811. The van der Waals surface area contributed by atoms with Gasteiger partial charge in [-0.2, -0.15) is 0 Å². The van der Waals surface area contributed by atoms with E-state index in [-0.39, 0.29) is 5.78 Å². The Balaban J connectivity index is 2.55. The SMILES string of the molecule is CC(=O)C(C)Oc1cc2oc(=O)cc(C)c2cc1Cl. The van der Waals surface area contributed by atoms with Gasteiger partial charge in [0, 0.05) is 17.5 Å². The van der Waals surface area contributed by atoms with Crippen LogP contribution in [0, 0.1) is 6.92 Å². The molecule has 0 saturated heterocycles. The lowest BCUT2D eigenvalue weighted by Gasteiger charge is -2.13. The molecule has 2 rings (SSSR count). The fourth-order valence-corrected chi connectivity index (χ4v) is 1.89. The average molecular weight is 281 g/mol. The van der Waals surface area contributed by atoms with Gasteiger partial charge in [-0.15, -0.1) is 0 Å². The number of benzene rings is 1. The van der Waals surface area contributed by atoms with E-state index in [1.165, 1.54) is 19.1 Å². The fraction of sp³-hybridized carbons (Fsp3) is 0.286. The van der Waals surface area contributed by atoms with Crippen LogP contribution in [0.15, 0.2) is 27.4 Å². The Labute approximate surface area is 114 Å². The minimum absolute atomic E-state index is 0.109. The number of halogens is 1. The van der Waals surface area contributed by atoms with Crippen molar-refractivity contribution < 1.29 is 13.9 Å². The van der Waals surface area contributed by atoms with Crippen molar-refractivity contribution in [1.82, 2.24) is 0 Å². The zero-order chi connectivity index (χ0) is 14.2. The smallest absolute Gasteiger partial charge is 0.336 e. The second-order valence-corrected chi connectivity index (χ2v) is 4.81. The lowest BCUT2D eigenvalue weighted by molar-refractivity contribution is -0.122. The summed E-state index contributed by atoms with van der Waals surface area (Å²) < 4.78 is 10.6. The van der Waals surface area contributed by atoms with Gasteiger partial charge >= 0.3 is 5.63 Å². The van der Waals surface area contributed by atoms with E-state index in [1.807, 2.05) is 0 Å². The molecule has 0 aliphatic rings. The summed E-state index contributed by atoms with van der Waals surface area (Å²) in [5, 5.41) is 1.12. The molecular formula is C14H13ClO4. The van der Waals surface area contributed by atoms with E-state index in [0.717, 1.165) is 10.9 Å². The van der Waals surface area contributed by atoms with Crippen LogP contribution in [0.25, 0.3) is 11.0 Å². The summed E-state index contributed by atoms with van der Waals surface area (Å²) in [7, 11) is 0. The molecule has 100 valence electrons. The minimum atomic E-state index is -0.605. The van der Waals surface area contributed by atoms with Gasteiger partial charge in [0.15, 0.2) is 11.9 Å². The second-order valence-electron chi connectivity index (χ2n) is 4.40. The first kappa shape index (κ1) is 13.6. The van der Waals surface area contributed by atoms with Gasteiger partial charge in [-0.1, -0.05) is 11.6 Å². The van der Waals surface area contributed by atoms with Crippen molar-refractivity contribution in [3.05, 3.63) is 39.2 Å². The number of ketones is 1. The van der Waals surface area contributed by atoms with Crippen molar-refractivity contribution in [1.29, 1.82) is 0 Å². The van der Waals surface area contributed by atoms with Gasteiger partial charge in [0.2, 0.25) is 0 Å². The zero-order valence-corrected chi connectivity index (χ0v) is 11.6. The first-order valence-electron chi connectivity index (χ1n) is 5.79. The van der Waals surface area contributed by atoms with Crippen molar-refractivity contribution in [3.8, 4) is 5.75 Å². The van der Waals surface area contributed by atoms with E-state index in [4.69, 9.17) is 20.8 Å². The highest BCUT2D eigenvalue weighted by Gasteiger charge is 2.14. The lowest BCUT2D eigenvalue weighted by Crippen LogP contribution is -2.20. The number of carbonyl (C=O) groups excluding carboxylic acids is 1. The Kier molecular flexibility index (Phi) is 3.62. The van der Waals surface area contributed by atoms with Crippen molar-refractivity contribution in [2.45, 2.75) is 26.9 Å². The summed E-state index contributed by atoms with van der Waals surface area (Å²) in [5.41, 5.74) is 0.734. The third kappa shape index (κ3) is 2.79. The Morgan fingerprint density at radius 3 is 2.68 bits per heavy atom. The molecule has 1 heterocycles. The Morgan fingerprint density at radius 1 is 1.37 bits per heavy atom. The predicted molar refractivity (Wildman–Crippen MR) is 73.0 cm³/mol. The van der Waals surface area contributed by atoms with Crippen LogP contribution in [0.1, 0.15) is 19.4 Å². The summed E-state index contributed by atoms with van der Waals surface area (Å²) in [5.74, 6) is 0.215. The van der Waals surface area contributed by atoms with E-state index < -0.39 is 11.7 Å². The van der Waals surface area contributed by atoms with E-state index in [2.05, 4.69) is 0 Å². The molecule has 5 heteroatoms. The normalized spacial score (nSPS) is 12.4. The first-order valence-corrected chi connectivity index (χ1v) is 6.17. The molecule has 0 saturated carbocycles. The molecule has 1 aromatic heterocycles. The van der Waals surface area contributed by atoms with Crippen LogP contribution in [0.2, 0.25) is 5.02 Å². The van der Waals surface area contributed by atoms with E-state index in [9.17, 15) is 9.59 Å². The van der Waals surface area contributed by atoms with Crippen LogP contribution in [-0.2, 0) is 4.79 Å². The third-order valence-corrected chi connectivity index (χ3v) is 3.18. The van der Waals surface area contributed by atoms with Crippen molar-refractivity contribution in [2.75, 3.05) is 0 Å². The van der Waals surface area contributed by atoms with Gasteiger partial charge in [0.1, 0.15) is 11.3 Å². The number of fused-ring (bicyclic) bond motifs is 1. The molecule has 1 unspecified atom stereocenters.